The largest absolute Gasteiger partial charge is 0.384 e. The van der Waals surface area contributed by atoms with Crippen molar-refractivity contribution in [1.82, 2.24) is 14.8 Å². The van der Waals surface area contributed by atoms with E-state index in [1.54, 1.807) is 11.1 Å². The van der Waals surface area contributed by atoms with E-state index < -0.39 is 6.10 Å². The smallest absolute Gasteiger partial charge is 0.251 e. The van der Waals surface area contributed by atoms with Crippen molar-refractivity contribution >= 4 is 22.4 Å². The van der Waals surface area contributed by atoms with Gasteiger partial charge in [-0.1, -0.05) is 0 Å². The van der Waals surface area contributed by atoms with Gasteiger partial charge in [-0.3, -0.25) is 9.69 Å². The van der Waals surface area contributed by atoms with Crippen LogP contribution in [0.4, 0.5) is 5.13 Å². The average Bonchev–Trinajstić information content (AvgIpc) is 2.75. The fraction of sp³-hybridized carbons (Fsp3) is 0.636. The highest BCUT2D eigenvalue weighted by Crippen LogP contribution is 2.17. The van der Waals surface area contributed by atoms with Crippen molar-refractivity contribution in [3.05, 3.63) is 11.1 Å². The van der Waals surface area contributed by atoms with Crippen LogP contribution in [0, 0.1) is 0 Å². The monoisotopic (exact) mass is 270 g/mol. The Labute approximate surface area is 110 Å². The molecule has 0 bridgehead atoms. The van der Waals surface area contributed by atoms with Gasteiger partial charge in [0.1, 0.15) is 6.10 Å². The minimum atomic E-state index is -0.905. The van der Waals surface area contributed by atoms with E-state index >= 15 is 0 Å². The first-order valence-electron chi connectivity index (χ1n) is 5.95. The maximum atomic E-state index is 11.6. The highest BCUT2D eigenvalue weighted by Gasteiger charge is 2.23. The maximum Gasteiger partial charge on any atom is 0.251 e. The third kappa shape index (κ3) is 3.18. The molecule has 0 aromatic carbocycles. The number of rotatable bonds is 3. The summed E-state index contributed by atoms with van der Waals surface area (Å²) in [4.78, 5) is 20.7. The van der Waals surface area contributed by atoms with Crippen LogP contribution >= 0.6 is 11.3 Å². The molecule has 100 valence electrons. The summed E-state index contributed by atoms with van der Waals surface area (Å²) < 4.78 is 0. The Balaban J connectivity index is 1.82. The number of aliphatic hydroxyl groups excluding tert-OH is 1. The molecule has 3 N–H and O–H groups in total. The summed E-state index contributed by atoms with van der Waals surface area (Å²) in [6.45, 7) is 5.29. The third-order valence-electron chi connectivity index (χ3n) is 2.99. The van der Waals surface area contributed by atoms with Gasteiger partial charge in [-0.2, -0.15) is 0 Å². The lowest BCUT2D eigenvalue weighted by Crippen LogP contribution is -2.50. The number of thiazole rings is 1. The van der Waals surface area contributed by atoms with Crippen molar-refractivity contribution in [1.29, 1.82) is 0 Å². The van der Waals surface area contributed by atoms with Crippen molar-refractivity contribution in [3.8, 4) is 0 Å². The second-order valence-electron chi connectivity index (χ2n) is 4.44. The van der Waals surface area contributed by atoms with Gasteiger partial charge >= 0.3 is 0 Å². The molecule has 0 spiro atoms. The zero-order valence-electron chi connectivity index (χ0n) is 10.4. The van der Waals surface area contributed by atoms with Gasteiger partial charge in [0.25, 0.3) is 5.91 Å². The molecule has 1 amide bonds. The molecular weight excluding hydrogens is 252 g/mol. The van der Waals surface area contributed by atoms with Crippen LogP contribution in [0.25, 0.3) is 0 Å². The number of nitrogens with zero attached hydrogens (tertiary/aromatic N) is 3. The summed E-state index contributed by atoms with van der Waals surface area (Å²) in [5.41, 5.74) is 5.59. The molecule has 7 heteroatoms. The van der Waals surface area contributed by atoms with Crippen LogP contribution in [-0.4, -0.2) is 58.1 Å². The molecule has 1 unspecified atom stereocenters. The minimum absolute atomic E-state index is 0.184. The molecule has 18 heavy (non-hydrogen) atoms. The summed E-state index contributed by atoms with van der Waals surface area (Å²) in [6, 6.07) is 0. The van der Waals surface area contributed by atoms with Crippen LogP contribution in [0.15, 0.2) is 6.20 Å². The number of piperazine rings is 1. The second-order valence-corrected chi connectivity index (χ2v) is 5.59. The molecule has 0 saturated carbocycles. The molecule has 1 aromatic rings. The van der Waals surface area contributed by atoms with E-state index in [2.05, 4.69) is 9.88 Å². The molecule has 0 radical (unpaired) electrons. The Morgan fingerprint density at radius 2 is 2.22 bits per heavy atom. The predicted molar refractivity (Wildman–Crippen MR) is 70.1 cm³/mol. The molecule has 1 aliphatic rings. The quantitative estimate of drug-likeness (QED) is 0.791. The standard InChI is InChI=1S/C11H18N4O2S/c1-8(16)10(17)15-4-2-14(3-5-15)7-9-6-13-11(12)18-9/h6,8,16H,2-5,7H2,1H3,(H2,12,13). The van der Waals surface area contributed by atoms with E-state index in [0.29, 0.717) is 18.2 Å². The van der Waals surface area contributed by atoms with Gasteiger partial charge < -0.3 is 15.7 Å². The molecule has 2 rings (SSSR count). The third-order valence-corrected chi connectivity index (χ3v) is 3.80. The van der Waals surface area contributed by atoms with Gasteiger partial charge in [0, 0.05) is 43.8 Å². The summed E-state index contributed by atoms with van der Waals surface area (Å²) in [5.74, 6) is -0.184. The fourth-order valence-corrected chi connectivity index (χ4v) is 2.73. The van der Waals surface area contributed by atoms with E-state index in [9.17, 15) is 9.90 Å². The lowest BCUT2D eigenvalue weighted by molar-refractivity contribution is -0.141. The van der Waals surface area contributed by atoms with E-state index in [-0.39, 0.29) is 5.91 Å². The Morgan fingerprint density at radius 1 is 1.56 bits per heavy atom. The summed E-state index contributed by atoms with van der Waals surface area (Å²) in [7, 11) is 0. The normalized spacial score (nSPS) is 18.9. The van der Waals surface area contributed by atoms with E-state index in [1.807, 2.05) is 0 Å². The topological polar surface area (TPSA) is 82.7 Å². The van der Waals surface area contributed by atoms with Crippen LogP contribution in [0.5, 0.6) is 0 Å². The molecule has 1 aliphatic heterocycles. The Hall–Kier alpha value is -1.18. The van der Waals surface area contributed by atoms with Crippen LogP contribution < -0.4 is 5.73 Å². The predicted octanol–water partition coefficient (Wildman–Crippen LogP) is -0.250. The van der Waals surface area contributed by atoms with Crippen LogP contribution in [0.3, 0.4) is 0 Å². The Bertz CT molecular complexity index is 413. The second kappa shape index (κ2) is 5.64. The number of aliphatic hydroxyl groups is 1. The summed E-state index contributed by atoms with van der Waals surface area (Å²) in [6.07, 6.45) is 0.894. The lowest BCUT2D eigenvalue weighted by Gasteiger charge is -2.34. The first-order chi connectivity index (χ1) is 8.56. The number of hydrogen-bond donors (Lipinski definition) is 2. The van der Waals surface area contributed by atoms with E-state index in [1.165, 1.54) is 18.3 Å². The number of anilines is 1. The molecule has 1 atom stereocenters. The van der Waals surface area contributed by atoms with Crippen LogP contribution in [0.1, 0.15) is 11.8 Å². The van der Waals surface area contributed by atoms with Crippen LogP contribution in [0.2, 0.25) is 0 Å². The molecule has 1 saturated heterocycles. The zero-order valence-corrected chi connectivity index (χ0v) is 11.2. The summed E-state index contributed by atoms with van der Waals surface area (Å²) >= 11 is 1.50. The highest BCUT2D eigenvalue weighted by molar-refractivity contribution is 7.15. The number of nitrogen functional groups attached to an aromatic ring is 1. The van der Waals surface area contributed by atoms with Crippen molar-refractivity contribution in [2.75, 3.05) is 31.9 Å². The van der Waals surface area contributed by atoms with Crippen molar-refractivity contribution < 1.29 is 9.90 Å². The maximum absolute atomic E-state index is 11.6. The summed E-state index contributed by atoms with van der Waals surface area (Å²) in [5, 5.41) is 9.84. The van der Waals surface area contributed by atoms with Gasteiger partial charge in [0.05, 0.1) is 0 Å². The molecular formula is C11H18N4O2S. The van der Waals surface area contributed by atoms with Gasteiger partial charge in [-0.05, 0) is 6.92 Å². The number of amides is 1. The van der Waals surface area contributed by atoms with Crippen molar-refractivity contribution in [3.63, 3.8) is 0 Å². The zero-order chi connectivity index (χ0) is 13.1. The lowest BCUT2D eigenvalue weighted by atomic mass is 10.2. The van der Waals surface area contributed by atoms with Crippen LogP contribution in [-0.2, 0) is 11.3 Å². The molecule has 0 aliphatic carbocycles. The Kier molecular flexibility index (Phi) is 4.15. The first kappa shape index (κ1) is 13.3. The number of hydrogen-bond acceptors (Lipinski definition) is 6. The molecule has 1 aromatic heterocycles. The number of carbonyl (C=O) groups is 1. The number of nitrogens with two attached hydrogens (primary N) is 1. The molecule has 6 nitrogen and oxygen atoms in total. The van der Waals surface area contributed by atoms with Gasteiger partial charge in [-0.15, -0.1) is 11.3 Å². The Morgan fingerprint density at radius 3 is 2.72 bits per heavy atom. The SMILES string of the molecule is CC(O)C(=O)N1CCN(Cc2cnc(N)s2)CC1. The van der Waals surface area contributed by atoms with E-state index in [0.717, 1.165) is 24.5 Å². The highest BCUT2D eigenvalue weighted by atomic mass is 32.1. The molecule has 1 fully saturated rings. The van der Waals surface area contributed by atoms with Crippen molar-refractivity contribution in [2.45, 2.75) is 19.6 Å². The van der Waals surface area contributed by atoms with Gasteiger partial charge in [0.2, 0.25) is 0 Å². The first-order valence-corrected chi connectivity index (χ1v) is 6.77. The van der Waals surface area contributed by atoms with Gasteiger partial charge in [0.15, 0.2) is 5.13 Å². The fourth-order valence-electron chi connectivity index (χ4n) is 2.01. The number of carbonyl (C=O) groups excluding carboxylic acids is 1. The average molecular weight is 270 g/mol. The van der Waals surface area contributed by atoms with Gasteiger partial charge in [-0.25, -0.2) is 4.98 Å². The minimum Gasteiger partial charge on any atom is -0.384 e. The molecule has 2 heterocycles. The van der Waals surface area contributed by atoms with Crippen molar-refractivity contribution in [2.24, 2.45) is 0 Å². The van der Waals surface area contributed by atoms with E-state index in [4.69, 9.17) is 5.73 Å². The number of aromatic nitrogens is 1.